The van der Waals surface area contributed by atoms with Crippen LogP contribution >= 0.6 is 0 Å². The van der Waals surface area contributed by atoms with E-state index in [2.05, 4.69) is 17.3 Å². The summed E-state index contributed by atoms with van der Waals surface area (Å²) in [6.45, 7) is 7.81. The number of carbonyl (C=O) groups is 1. The number of unbranched alkanes of at least 4 members (excludes halogenated alkanes) is 2. The Labute approximate surface area is 169 Å². The van der Waals surface area contributed by atoms with Crippen LogP contribution in [0.5, 0.6) is 0 Å². The number of halogens is 3. The van der Waals surface area contributed by atoms with Gasteiger partial charge in [0.25, 0.3) is 5.56 Å². The van der Waals surface area contributed by atoms with E-state index in [4.69, 9.17) is 0 Å². The van der Waals surface area contributed by atoms with Crippen molar-refractivity contribution in [2.45, 2.75) is 70.9 Å². The van der Waals surface area contributed by atoms with E-state index >= 15 is 0 Å². The number of H-pyrrole nitrogens is 1. The lowest BCUT2D eigenvalue weighted by atomic mass is 9.87. The van der Waals surface area contributed by atoms with Crippen molar-refractivity contribution < 1.29 is 18.0 Å². The lowest BCUT2D eigenvalue weighted by molar-refractivity contribution is -0.139. The van der Waals surface area contributed by atoms with Gasteiger partial charge in [0, 0.05) is 25.0 Å². The van der Waals surface area contributed by atoms with Crippen molar-refractivity contribution in [1.82, 2.24) is 20.4 Å². The Morgan fingerprint density at radius 3 is 2.59 bits per heavy atom. The van der Waals surface area contributed by atoms with E-state index in [1.54, 1.807) is 0 Å². The molecule has 0 bridgehead atoms. The van der Waals surface area contributed by atoms with Crippen LogP contribution in [0.15, 0.2) is 4.79 Å². The summed E-state index contributed by atoms with van der Waals surface area (Å²) in [5.41, 5.74) is -2.78. The predicted octanol–water partition coefficient (Wildman–Crippen LogP) is 3.01. The molecule has 0 spiro atoms. The first-order chi connectivity index (χ1) is 13.6. The van der Waals surface area contributed by atoms with E-state index in [0.717, 1.165) is 32.2 Å². The molecule has 9 heteroatoms. The quantitative estimate of drug-likeness (QED) is 0.575. The number of alkyl halides is 3. The number of nitrogens with zero attached hydrogens (tertiary/aromatic N) is 2. The number of rotatable bonds is 10. The molecule has 0 aromatic carbocycles. The average Bonchev–Trinajstić information content (AvgIpc) is 2.96. The maximum atomic E-state index is 13.3. The fourth-order valence-electron chi connectivity index (χ4n) is 3.96. The van der Waals surface area contributed by atoms with Crippen LogP contribution in [0.3, 0.4) is 0 Å². The first kappa shape index (κ1) is 23.4. The standard InChI is InChI=1S/C20H31F3N4O2/c1-4-6-7-11-27(10-5-2)15(28)12-24-13-19(3)9-8-14-16(20(21,22)23)18(29)26-25-17(14)19/h24H,4-13H2,1-3H3,(H,26,29). The Balaban J connectivity index is 2.04. The van der Waals surface area contributed by atoms with Crippen molar-refractivity contribution >= 4 is 5.91 Å². The zero-order valence-corrected chi connectivity index (χ0v) is 17.4. The van der Waals surface area contributed by atoms with Crippen molar-refractivity contribution in [2.24, 2.45) is 0 Å². The number of hydrogen-bond donors (Lipinski definition) is 2. The molecule has 0 aliphatic heterocycles. The van der Waals surface area contributed by atoms with E-state index < -0.39 is 22.7 Å². The van der Waals surface area contributed by atoms with E-state index in [0.29, 0.717) is 19.5 Å². The Kier molecular flexibility index (Phi) is 7.85. The lowest BCUT2D eigenvalue weighted by Gasteiger charge is -2.26. The molecule has 1 unspecified atom stereocenters. The maximum absolute atomic E-state index is 13.3. The predicted molar refractivity (Wildman–Crippen MR) is 105 cm³/mol. The highest BCUT2D eigenvalue weighted by atomic mass is 19.4. The van der Waals surface area contributed by atoms with Crippen LogP contribution in [-0.4, -0.2) is 47.2 Å². The molecule has 1 aliphatic rings. The van der Waals surface area contributed by atoms with Gasteiger partial charge in [-0.1, -0.05) is 33.6 Å². The van der Waals surface area contributed by atoms with Crippen molar-refractivity contribution in [3.05, 3.63) is 27.2 Å². The zero-order chi connectivity index (χ0) is 21.7. The fourth-order valence-corrected chi connectivity index (χ4v) is 3.96. The minimum atomic E-state index is -4.71. The summed E-state index contributed by atoms with van der Waals surface area (Å²) in [5.74, 6) is -0.00446. The molecular weight excluding hydrogens is 385 g/mol. The Hall–Kier alpha value is -1.90. The van der Waals surface area contributed by atoms with Gasteiger partial charge in [-0.2, -0.15) is 18.3 Å². The number of amides is 1. The summed E-state index contributed by atoms with van der Waals surface area (Å²) < 4.78 is 39.9. The number of carbonyl (C=O) groups excluding carboxylic acids is 1. The van der Waals surface area contributed by atoms with E-state index in [9.17, 15) is 22.8 Å². The number of fused-ring (bicyclic) bond motifs is 1. The molecule has 6 nitrogen and oxygen atoms in total. The number of hydrogen-bond acceptors (Lipinski definition) is 4. The van der Waals surface area contributed by atoms with Crippen LogP contribution in [0.4, 0.5) is 13.2 Å². The zero-order valence-electron chi connectivity index (χ0n) is 17.4. The third-order valence-corrected chi connectivity index (χ3v) is 5.54. The first-order valence-corrected chi connectivity index (χ1v) is 10.3. The smallest absolute Gasteiger partial charge is 0.342 e. The number of aromatic amines is 1. The largest absolute Gasteiger partial charge is 0.422 e. The van der Waals surface area contributed by atoms with Gasteiger partial charge in [-0.15, -0.1) is 0 Å². The molecule has 0 radical (unpaired) electrons. The Bertz CT molecular complexity index is 763. The molecule has 0 saturated heterocycles. The Morgan fingerprint density at radius 2 is 1.97 bits per heavy atom. The second kappa shape index (κ2) is 9.73. The van der Waals surface area contributed by atoms with Crippen molar-refractivity contribution in [3.63, 3.8) is 0 Å². The van der Waals surface area contributed by atoms with Crippen LogP contribution in [0.1, 0.15) is 69.7 Å². The van der Waals surface area contributed by atoms with E-state index in [1.807, 2.05) is 23.8 Å². The molecule has 0 saturated carbocycles. The topological polar surface area (TPSA) is 78.1 Å². The molecule has 1 heterocycles. The summed E-state index contributed by atoms with van der Waals surface area (Å²) in [7, 11) is 0. The third-order valence-electron chi connectivity index (χ3n) is 5.54. The highest BCUT2D eigenvalue weighted by molar-refractivity contribution is 5.78. The van der Waals surface area contributed by atoms with Crippen molar-refractivity contribution in [1.29, 1.82) is 0 Å². The fraction of sp³-hybridized carbons (Fsp3) is 0.750. The second-order valence-corrected chi connectivity index (χ2v) is 8.00. The maximum Gasteiger partial charge on any atom is 0.422 e. The molecule has 29 heavy (non-hydrogen) atoms. The van der Waals surface area contributed by atoms with Gasteiger partial charge in [-0.25, -0.2) is 5.10 Å². The second-order valence-electron chi connectivity index (χ2n) is 8.00. The minimum absolute atomic E-state index is 0.00446. The molecule has 2 N–H and O–H groups in total. The van der Waals surface area contributed by atoms with Crippen molar-refractivity contribution in [3.8, 4) is 0 Å². The molecule has 164 valence electrons. The van der Waals surface area contributed by atoms with Gasteiger partial charge in [0.2, 0.25) is 5.91 Å². The van der Waals surface area contributed by atoms with E-state index in [-0.39, 0.29) is 30.1 Å². The van der Waals surface area contributed by atoms with Crippen LogP contribution in [0.25, 0.3) is 0 Å². The normalized spacial score (nSPS) is 18.7. The summed E-state index contributed by atoms with van der Waals surface area (Å²) in [4.78, 5) is 26.1. The molecular formula is C20H31F3N4O2. The first-order valence-electron chi connectivity index (χ1n) is 10.3. The number of nitrogens with one attached hydrogen (secondary N) is 2. The van der Waals surface area contributed by atoms with Crippen LogP contribution < -0.4 is 10.9 Å². The van der Waals surface area contributed by atoms with E-state index in [1.165, 1.54) is 0 Å². The third kappa shape index (κ3) is 5.58. The average molecular weight is 416 g/mol. The SMILES string of the molecule is CCCCCN(CCC)C(=O)CNCC1(C)CCc2c1n[nH]c(=O)c2C(F)(F)F. The number of aromatic nitrogens is 2. The molecule has 1 aromatic rings. The highest BCUT2D eigenvalue weighted by Gasteiger charge is 2.45. The summed E-state index contributed by atoms with van der Waals surface area (Å²) in [6, 6.07) is 0. The molecule has 2 rings (SSSR count). The van der Waals surface area contributed by atoms with Gasteiger partial charge in [0.1, 0.15) is 5.56 Å². The van der Waals surface area contributed by atoms with Gasteiger partial charge in [0.05, 0.1) is 12.2 Å². The van der Waals surface area contributed by atoms with Gasteiger partial charge in [-0.3, -0.25) is 9.59 Å². The van der Waals surface area contributed by atoms with Crippen LogP contribution in [0, 0.1) is 0 Å². The molecule has 1 aromatic heterocycles. The van der Waals surface area contributed by atoms with Crippen LogP contribution in [0.2, 0.25) is 0 Å². The van der Waals surface area contributed by atoms with Gasteiger partial charge in [-0.05, 0) is 31.2 Å². The molecule has 0 fully saturated rings. The monoisotopic (exact) mass is 416 g/mol. The van der Waals surface area contributed by atoms with Gasteiger partial charge in [0.15, 0.2) is 0 Å². The minimum Gasteiger partial charge on any atom is -0.342 e. The summed E-state index contributed by atoms with van der Waals surface area (Å²) in [5, 5.41) is 9.03. The summed E-state index contributed by atoms with van der Waals surface area (Å²) in [6.07, 6.45) is -0.141. The molecule has 1 atom stereocenters. The summed E-state index contributed by atoms with van der Waals surface area (Å²) >= 11 is 0. The van der Waals surface area contributed by atoms with Crippen molar-refractivity contribution in [2.75, 3.05) is 26.2 Å². The van der Waals surface area contributed by atoms with Gasteiger partial charge < -0.3 is 10.2 Å². The molecule has 1 aliphatic carbocycles. The van der Waals surface area contributed by atoms with Crippen LogP contribution in [-0.2, 0) is 22.8 Å². The van der Waals surface area contributed by atoms with Gasteiger partial charge >= 0.3 is 6.18 Å². The Morgan fingerprint density at radius 1 is 1.24 bits per heavy atom. The lowest BCUT2D eigenvalue weighted by Crippen LogP contribution is -2.43. The highest BCUT2D eigenvalue weighted by Crippen LogP contribution is 2.41. The molecule has 1 amide bonds.